The van der Waals surface area contributed by atoms with Crippen LogP contribution in [0.4, 0.5) is 0 Å². The fraction of sp³-hybridized carbons (Fsp3) is 0.300. The van der Waals surface area contributed by atoms with Crippen molar-refractivity contribution in [3.8, 4) is 11.5 Å². The zero-order valence-corrected chi connectivity index (χ0v) is 8.36. The van der Waals surface area contributed by atoms with Gasteiger partial charge in [-0.25, -0.2) is 0 Å². The van der Waals surface area contributed by atoms with E-state index in [2.05, 4.69) is 5.32 Å². The molecule has 0 aromatic heterocycles. The van der Waals surface area contributed by atoms with Crippen LogP contribution in [0.5, 0.6) is 11.5 Å². The van der Waals surface area contributed by atoms with Crippen molar-refractivity contribution in [1.82, 2.24) is 5.32 Å². The van der Waals surface area contributed by atoms with Gasteiger partial charge >= 0.3 is 0 Å². The van der Waals surface area contributed by atoms with Gasteiger partial charge in [-0.05, 0) is 18.2 Å². The molecule has 0 aliphatic carbocycles. The summed E-state index contributed by atoms with van der Waals surface area (Å²) < 4.78 is 4.77. The molecule has 0 fully saturated rings. The highest BCUT2D eigenvalue weighted by Crippen LogP contribution is 2.24. The van der Waals surface area contributed by atoms with Crippen LogP contribution in [-0.2, 0) is 4.74 Å². The SMILES string of the molecule is COCCNC(=O)c1ccc(O)c(O)c1. The smallest absolute Gasteiger partial charge is 0.251 e. The summed E-state index contributed by atoms with van der Waals surface area (Å²) in [5.74, 6) is -0.875. The van der Waals surface area contributed by atoms with Crippen molar-refractivity contribution in [3.05, 3.63) is 23.8 Å². The molecule has 0 heterocycles. The van der Waals surface area contributed by atoms with Crippen molar-refractivity contribution in [2.24, 2.45) is 0 Å². The zero-order valence-electron chi connectivity index (χ0n) is 8.36. The molecule has 3 N–H and O–H groups in total. The number of carbonyl (C=O) groups excluding carboxylic acids is 1. The maximum absolute atomic E-state index is 11.4. The Morgan fingerprint density at radius 3 is 2.73 bits per heavy atom. The van der Waals surface area contributed by atoms with Gasteiger partial charge in [0.25, 0.3) is 5.91 Å². The van der Waals surface area contributed by atoms with Crippen molar-refractivity contribution in [2.45, 2.75) is 0 Å². The standard InChI is InChI=1S/C10H13NO4/c1-15-5-4-11-10(14)7-2-3-8(12)9(13)6-7/h2-3,6,12-13H,4-5H2,1H3,(H,11,14). The Hall–Kier alpha value is -1.75. The fourth-order valence-electron chi connectivity index (χ4n) is 1.03. The molecule has 0 unspecified atom stereocenters. The van der Waals surface area contributed by atoms with Crippen molar-refractivity contribution in [3.63, 3.8) is 0 Å². The molecule has 1 aromatic rings. The van der Waals surface area contributed by atoms with E-state index >= 15 is 0 Å². The van der Waals surface area contributed by atoms with Gasteiger partial charge in [-0.2, -0.15) is 0 Å². The Kier molecular flexibility index (Phi) is 3.93. The first-order valence-electron chi connectivity index (χ1n) is 4.44. The lowest BCUT2D eigenvalue weighted by atomic mass is 10.2. The van der Waals surface area contributed by atoms with Gasteiger partial charge in [0.15, 0.2) is 11.5 Å². The van der Waals surface area contributed by atoms with Crippen LogP contribution < -0.4 is 5.32 Å². The van der Waals surface area contributed by atoms with Gasteiger partial charge in [0.1, 0.15) is 0 Å². The minimum absolute atomic E-state index is 0.247. The van der Waals surface area contributed by atoms with Gasteiger partial charge in [-0.3, -0.25) is 4.79 Å². The first-order chi connectivity index (χ1) is 7.15. The van der Waals surface area contributed by atoms with E-state index in [4.69, 9.17) is 14.9 Å². The number of aromatic hydroxyl groups is 2. The van der Waals surface area contributed by atoms with Crippen LogP contribution in [-0.4, -0.2) is 36.4 Å². The van der Waals surface area contributed by atoms with E-state index < -0.39 is 0 Å². The molecule has 0 spiro atoms. The van der Waals surface area contributed by atoms with Crippen LogP contribution in [0.25, 0.3) is 0 Å². The number of benzene rings is 1. The maximum atomic E-state index is 11.4. The molecule has 0 saturated heterocycles. The van der Waals surface area contributed by atoms with Crippen LogP contribution in [0, 0.1) is 0 Å². The van der Waals surface area contributed by atoms with Crippen LogP contribution in [0.1, 0.15) is 10.4 Å². The van der Waals surface area contributed by atoms with Gasteiger partial charge in [0.2, 0.25) is 0 Å². The molecule has 5 nitrogen and oxygen atoms in total. The molecule has 0 radical (unpaired) electrons. The average molecular weight is 211 g/mol. The summed E-state index contributed by atoms with van der Waals surface area (Å²) in [6.07, 6.45) is 0. The highest BCUT2D eigenvalue weighted by molar-refractivity contribution is 5.94. The molecule has 5 heteroatoms. The van der Waals surface area contributed by atoms with Gasteiger partial charge < -0.3 is 20.3 Å². The Labute approximate surface area is 87.3 Å². The summed E-state index contributed by atoms with van der Waals surface area (Å²) >= 11 is 0. The molecule has 0 aliphatic rings. The van der Waals surface area contributed by atoms with E-state index in [1.807, 2.05) is 0 Å². The minimum Gasteiger partial charge on any atom is -0.504 e. The lowest BCUT2D eigenvalue weighted by molar-refractivity contribution is 0.0936. The summed E-state index contributed by atoms with van der Waals surface area (Å²) in [6.45, 7) is 0.826. The third-order valence-electron chi connectivity index (χ3n) is 1.83. The lowest BCUT2D eigenvalue weighted by Gasteiger charge is -2.05. The predicted molar refractivity (Wildman–Crippen MR) is 54.0 cm³/mol. The Bertz CT molecular complexity index is 351. The van der Waals surface area contributed by atoms with E-state index in [9.17, 15) is 4.79 Å². The third kappa shape index (κ3) is 3.14. The number of rotatable bonds is 4. The molecule has 1 amide bonds. The number of hydrogen-bond acceptors (Lipinski definition) is 4. The summed E-state index contributed by atoms with van der Waals surface area (Å²) in [5.41, 5.74) is 0.293. The largest absolute Gasteiger partial charge is 0.504 e. The summed E-state index contributed by atoms with van der Waals surface area (Å²) in [4.78, 5) is 11.4. The number of phenolic OH excluding ortho intramolecular Hbond substituents is 2. The highest BCUT2D eigenvalue weighted by Gasteiger charge is 2.07. The van der Waals surface area contributed by atoms with Crippen LogP contribution in [0.3, 0.4) is 0 Å². The molecule has 0 saturated carbocycles. The lowest BCUT2D eigenvalue weighted by Crippen LogP contribution is -2.26. The molecule has 1 aromatic carbocycles. The molecule has 0 aliphatic heterocycles. The fourth-order valence-corrected chi connectivity index (χ4v) is 1.03. The monoisotopic (exact) mass is 211 g/mol. The predicted octanol–water partition coefficient (Wildman–Crippen LogP) is 0.474. The van der Waals surface area contributed by atoms with Crippen LogP contribution in [0.15, 0.2) is 18.2 Å². The van der Waals surface area contributed by atoms with Gasteiger partial charge in [0, 0.05) is 19.2 Å². The number of carbonyl (C=O) groups is 1. The van der Waals surface area contributed by atoms with E-state index in [-0.39, 0.29) is 17.4 Å². The molecule has 0 bridgehead atoms. The molecular weight excluding hydrogens is 198 g/mol. The van der Waals surface area contributed by atoms with E-state index in [1.54, 1.807) is 7.11 Å². The minimum atomic E-state index is -0.317. The number of hydrogen-bond donors (Lipinski definition) is 3. The zero-order chi connectivity index (χ0) is 11.3. The van der Waals surface area contributed by atoms with Crippen molar-refractivity contribution < 1.29 is 19.7 Å². The Balaban J connectivity index is 2.62. The number of nitrogens with one attached hydrogen (secondary N) is 1. The topological polar surface area (TPSA) is 78.8 Å². The highest BCUT2D eigenvalue weighted by atomic mass is 16.5. The maximum Gasteiger partial charge on any atom is 0.251 e. The summed E-state index contributed by atoms with van der Waals surface area (Å²) in [7, 11) is 1.54. The van der Waals surface area contributed by atoms with Gasteiger partial charge in [-0.15, -0.1) is 0 Å². The van der Waals surface area contributed by atoms with E-state index in [0.717, 1.165) is 0 Å². The molecular formula is C10H13NO4. The van der Waals surface area contributed by atoms with E-state index in [1.165, 1.54) is 18.2 Å². The van der Waals surface area contributed by atoms with Crippen molar-refractivity contribution in [1.29, 1.82) is 0 Å². The van der Waals surface area contributed by atoms with Crippen molar-refractivity contribution in [2.75, 3.05) is 20.3 Å². The summed E-state index contributed by atoms with van der Waals surface area (Å²) in [5, 5.41) is 20.8. The molecule has 0 atom stereocenters. The van der Waals surface area contributed by atoms with Crippen molar-refractivity contribution >= 4 is 5.91 Å². The number of ether oxygens (including phenoxy) is 1. The third-order valence-corrected chi connectivity index (χ3v) is 1.83. The summed E-state index contributed by atoms with van der Waals surface area (Å²) in [6, 6.07) is 3.90. The Morgan fingerprint density at radius 2 is 2.13 bits per heavy atom. The normalized spacial score (nSPS) is 9.93. The number of amides is 1. The second kappa shape index (κ2) is 5.21. The van der Waals surface area contributed by atoms with Crippen LogP contribution >= 0.6 is 0 Å². The quantitative estimate of drug-likeness (QED) is 0.499. The van der Waals surface area contributed by atoms with Gasteiger partial charge in [-0.1, -0.05) is 0 Å². The second-order valence-corrected chi connectivity index (χ2v) is 2.95. The molecule has 1 rings (SSSR count). The molecule has 82 valence electrons. The molecule has 15 heavy (non-hydrogen) atoms. The first-order valence-corrected chi connectivity index (χ1v) is 4.44. The first kappa shape index (κ1) is 11.3. The Morgan fingerprint density at radius 1 is 1.40 bits per heavy atom. The second-order valence-electron chi connectivity index (χ2n) is 2.95. The van der Waals surface area contributed by atoms with Gasteiger partial charge in [0.05, 0.1) is 6.61 Å². The number of methoxy groups -OCH3 is 1. The van der Waals surface area contributed by atoms with E-state index in [0.29, 0.717) is 18.7 Å². The average Bonchev–Trinajstić information content (AvgIpc) is 2.22. The number of phenols is 2. The van der Waals surface area contributed by atoms with Crippen LogP contribution in [0.2, 0.25) is 0 Å².